The van der Waals surface area contributed by atoms with Crippen LogP contribution in [0.2, 0.25) is 0 Å². The van der Waals surface area contributed by atoms with E-state index in [0.29, 0.717) is 12.2 Å². The highest BCUT2D eigenvalue weighted by molar-refractivity contribution is 5.86. The first-order chi connectivity index (χ1) is 10.3. The fraction of sp³-hybridized carbons (Fsp3) is 0.375. The van der Waals surface area contributed by atoms with Gasteiger partial charge in [0.05, 0.1) is 6.42 Å². The highest BCUT2D eigenvalue weighted by Gasteiger charge is 2.12. The minimum absolute atomic E-state index is 0.0106. The van der Waals surface area contributed by atoms with E-state index in [2.05, 4.69) is 21.9 Å². The number of carbonyl (C=O) groups excluding carboxylic acids is 1. The van der Waals surface area contributed by atoms with E-state index in [0.717, 1.165) is 36.9 Å². The molecule has 3 rings (SSSR count). The number of nitrogens with zero attached hydrogens (tertiary/aromatic N) is 1. The molecule has 1 amide bonds. The Hall–Kier alpha value is -2.14. The molecule has 1 aliphatic heterocycles. The van der Waals surface area contributed by atoms with E-state index in [4.69, 9.17) is 4.52 Å². The molecule has 0 unspecified atom stereocenters. The van der Waals surface area contributed by atoms with Crippen LogP contribution in [0.3, 0.4) is 0 Å². The first kappa shape index (κ1) is 13.8. The van der Waals surface area contributed by atoms with Crippen molar-refractivity contribution in [2.45, 2.75) is 19.3 Å². The molecule has 2 heterocycles. The van der Waals surface area contributed by atoms with Crippen LogP contribution in [0.15, 0.2) is 40.4 Å². The SMILES string of the molecule is O=C(Cc1noc2ccccc12)NCCC1=CCNCC1. The van der Waals surface area contributed by atoms with Gasteiger partial charge in [-0.25, -0.2) is 0 Å². The van der Waals surface area contributed by atoms with E-state index < -0.39 is 0 Å². The molecule has 21 heavy (non-hydrogen) atoms. The minimum Gasteiger partial charge on any atom is -0.356 e. The quantitative estimate of drug-likeness (QED) is 0.822. The second kappa shape index (κ2) is 6.54. The minimum atomic E-state index is -0.0106. The van der Waals surface area contributed by atoms with Crippen molar-refractivity contribution < 1.29 is 9.32 Å². The van der Waals surface area contributed by atoms with Gasteiger partial charge >= 0.3 is 0 Å². The van der Waals surface area contributed by atoms with Crippen LogP contribution in [-0.4, -0.2) is 30.7 Å². The molecular formula is C16H19N3O2. The average molecular weight is 285 g/mol. The zero-order valence-corrected chi connectivity index (χ0v) is 11.9. The molecule has 0 spiro atoms. The number of para-hydroxylation sites is 1. The number of nitrogens with one attached hydrogen (secondary N) is 2. The number of rotatable bonds is 5. The Morgan fingerprint density at radius 1 is 1.38 bits per heavy atom. The smallest absolute Gasteiger partial charge is 0.226 e. The first-order valence-electron chi connectivity index (χ1n) is 7.31. The van der Waals surface area contributed by atoms with Crippen molar-refractivity contribution in [2.75, 3.05) is 19.6 Å². The summed E-state index contributed by atoms with van der Waals surface area (Å²) in [5.74, 6) is -0.0106. The summed E-state index contributed by atoms with van der Waals surface area (Å²) in [7, 11) is 0. The Bertz CT molecular complexity index is 660. The highest BCUT2D eigenvalue weighted by Crippen LogP contribution is 2.18. The molecule has 5 nitrogen and oxygen atoms in total. The molecule has 1 aliphatic rings. The zero-order chi connectivity index (χ0) is 14.5. The molecule has 5 heteroatoms. The first-order valence-corrected chi connectivity index (χ1v) is 7.31. The maximum absolute atomic E-state index is 12.0. The van der Waals surface area contributed by atoms with E-state index >= 15 is 0 Å². The summed E-state index contributed by atoms with van der Waals surface area (Å²) in [6.07, 6.45) is 4.47. The van der Waals surface area contributed by atoms with Crippen LogP contribution in [0.4, 0.5) is 0 Å². The molecule has 110 valence electrons. The van der Waals surface area contributed by atoms with Gasteiger partial charge in [0.25, 0.3) is 0 Å². The molecule has 2 N–H and O–H groups in total. The van der Waals surface area contributed by atoms with Crippen LogP contribution in [-0.2, 0) is 11.2 Å². The number of amides is 1. The summed E-state index contributed by atoms with van der Waals surface area (Å²) < 4.78 is 5.20. The van der Waals surface area contributed by atoms with Crippen molar-refractivity contribution in [1.82, 2.24) is 15.8 Å². The third-order valence-corrected chi connectivity index (χ3v) is 3.71. The van der Waals surface area contributed by atoms with Gasteiger partial charge in [0.1, 0.15) is 5.69 Å². The summed E-state index contributed by atoms with van der Waals surface area (Å²) in [4.78, 5) is 12.0. The fourth-order valence-corrected chi connectivity index (χ4v) is 2.54. The number of carbonyl (C=O) groups is 1. The van der Waals surface area contributed by atoms with Gasteiger partial charge in [-0.3, -0.25) is 4.79 Å². The van der Waals surface area contributed by atoms with Gasteiger partial charge in [-0.2, -0.15) is 0 Å². The number of hydrogen-bond donors (Lipinski definition) is 2. The molecule has 0 atom stereocenters. The largest absolute Gasteiger partial charge is 0.356 e. The molecule has 2 aromatic rings. The summed E-state index contributed by atoms with van der Waals surface area (Å²) >= 11 is 0. The number of aromatic nitrogens is 1. The molecule has 0 saturated carbocycles. The Kier molecular flexibility index (Phi) is 4.31. The number of benzene rings is 1. The van der Waals surface area contributed by atoms with E-state index in [1.165, 1.54) is 5.57 Å². The van der Waals surface area contributed by atoms with Gasteiger partial charge in [-0.05, 0) is 31.5 Å². The maximum Gasteiger partial charge on any atom is 0.226 e. The Morgan fingerprint density at radius 3 is 3.14 bits per heavy atom. The predicted octanol–water partition coefficient (Wildman–Crippen LogP) is 1.80. The molecule has 0 bridgehead atoms. The van der Waals surface area contributed by atoms with Gasteiger partial charge in [0.15, 0.2) is 5.58 Å². The zero-order valence-electron chi connectivity index (χ0n) is 11.9. The maximum atomic E-state index is 12.0. The molecular weight excluding hydrogens is 266 g/mol. The monoisotopic (exact) mass is 285 g/mol. The fourth-order valence-electron chi connectivity index (χ4n) is 2.54. The molecule has 1 aromatic carbocycles. The van der Waals surface area contributed by atoms with Crippen LogP contribution in [0, 0.1) is 0 Å². The molecule has 0 aliphatic carbocycles. The topological polar surface area (TPSA) is 67.2 Å². The standard InChI is InChI=1S/C16H19N3O2/c20-16(18-10-7-12-5-8-17-9-6-12)11-14-13-3-1-2-4-15(13)21-19-14/h1-5,17H,6-11H2,(H,18,20). The van der Waals surface area contributed by atoms with Crippen molar-refractivity contribution >= 4 is 16.9 Å². The molecule has 1 aromatic heterocycles. The van der Waals surface area contributed by atoms with Gasteiger partial charge in [0, 0.05) is 18.5 Å². The van der Waals surface area contributed by atoms with Gasteiger partial charge in [-0.15, -0.1) is 0 Å². The van der Waals surface area contributed by atoms with Crippen LogP contribution in [0.5, 0.6) is 0 Å². The van der Waals surface area contributed by atoms with E-state index in [-0.39, 0.29) is 12.3 Å². The number of fused-ring (bicyclic) bond motifs is 1. The van der Waals surface area contributed by atoms with Crippen molar-refractivity contribution in [3.8, 4) is 0 Å². The lowest BCUT2D eigenvalue weighted by atomic mass is 10.1. The van der Waals surface area contributed by atoms with Crippen molar-refractivity contribution in [3.05, 3.63) is 41.6 Å². The lowest BCUT2D eigenvalue weighted by Gasteiger charge is -2.14. The third-order valence-electron chi connectivity index (χ3n) is 3.71. The second-order valence-electron chi connectivity index (χ2n) is 5.22. The Labute approximate surface area is 123 Å². The lowest BCUT2D eigenvalue weighted by Crippen LogP contribution is -2.28. The normalized spacial score (nSPS) is 15.0. The highest BCUT2D eigenvalue weighted by atomic mass is 16.5. The molecule has 0 radical (unpaired) electrons. The van der Waals surface area contributed by atoms with Crippen LogP contribution >= 0.6 is 0 Å². The van der Waals surface area contributed by atoms with Crippen LogP contribution in [0.1, 0.15) is 18.5 Å². The van der Waals surface area contributed by atoms with E-state index in [9.17, 15) is 4.79 Å². The van der Waals surface area contributed by atoms with Crippen molar-refractivity contribution in [3.63, 3.8) is 0 Å². The Morgan fingerprint density at radius 2 is 2.29 bits per heavy atom. The summed E-state index contributed by atoms with van der Waals surface area (Å²) in [6.45, 7) is 2.65. The number of hydrogen-bond acceptors (Lipinski definition) is 4. The molecule has 0 fully saturated rings. The molecule has 0 saturated heterocycles. The van der Waals surface area contributed by atoms with Gasteiger partial charge in [0.2, 0.25) is 5.91 Å². The van der Waals surface area contributed by atoms with Gasteiger partial charge < -0.3 is 15.2 Å². The van der Waals surface area contributed by atoms with E-state index in [1.807, 2.05) is 24.3 Å². The Balaban J connectivity index is 1.51. The van der Waals surface area contributed by atoms with Crippen molar-refractivity contribution in [2.24, 2.45) is 0 Å². The van der Waals surface area contributed by atoms with E-state index in [1.54, 1.807) is 0 Å². The lowest BCUT2D eigenvalue weighted by molar-refractivity contribution is -0.120. The third kappa shape index (κ3) is 3.49. The second-order valence-corrected chi connectivity index (χ2v) is 5.22. The van der Waals surface area contributed by atoms with Crippen molar-refractivity contribution in [1.29, 1.82) is 0 Å². The van der Waals surface area contributed by atoms with Crippen LogP contribution < -0.4 is 10.6 Å². The summed E-state index contributed by atoms with van der Waals surface area (Å²) in [5, 5.41) is 11.1. The van der Waals surface area contributed by atoms with Gasteiger partial charge in [-0.1, -0.05) is 28.9 Å². The summed E-state index contributed by atoms with van der Waals surface area (Å²) in [6, 6.07) is 7.59. The predicted molar refractivity (Wildman–Crippen MR) is 80.9 cm³/mol. The average Bonchev–Trinajstić information content (AvgIpc) is 2.92. The van der Waals surface area contributed by atoms with Crippen LogP contribution in [0.25, 0.3) is 11.0 Å². The summed E-state index contributed by atoms with van der Waals surface area (Å²) in [5.41, 5.74) is 2.84.